The fourth-order valence-corrected chi connectivity index (χ4v) is 5.25. The lowest BCUT2D eigenvalue weighted by Gasteiger charge is -2.29. The molecule has 1 amide bonds. The van der Waals surface area contributed by atoms with E-state index in [1.807, 2.05) is 0 Å². The number of halogens is 2. The third-order valence-electron chi connectivity index (χ3n) is 7.36. The highest BCUT2D eigenvalue weighted by molar-refractivity contribution is 5.90. The van der Waals surface area contributed by atoms with Gasteiger partial charge in [-0.05, 0) is 31.0 Å². The molecule has 3 aliphatic rings. The number of Topliss-reactive ketones (excluding diaryl/α,β-unsaturated/α-hetero) is 1. The standard InChI is InChI=1S/C28H35F2N5O4/c1-20(36)2-7-24-19-35(28(37)39-24)23-16-25(29)27(26(30)17-23)33-9-8-31-34(11-10-33)18-21-3-5-22(6-4-21)32-12-14-38-15-13-32/h3-6,16-17,24,31H,2,7-15,18-19H2,1H3/t24-/m0/s1. The molecule has 0 saturated carbocycles. The van der Waals surface area contributed by atoms with E-state index in [1.54, 1.807) is 4.90 Å². The molecule has 2 aromatic carbocycles. The number of rotatable bonds is 8. The van der Waals surface area contributed by atoms with Gasteiger partial charge >= 0.3 is 6.09 Å². The molecule has 0 unspecified atom stereocenters. The van der Waals surface area contributed by atoms with Crippen LogP contribution < -0.4 is 20.1 Å². The van der Waals surface area contributed by atoms with Gasteiger partial charge in [-0.2, -0.15) is 0 Å². The molecular formula is C28H35F2N5O4. The van der Waals surface area contributed by atoms with Crippen LogP contribution in [0.4, 0.5) is 30.6 Å². The van der Waals surface area contributed by atoms with Crippen LogP contribution >= 0.6 is 0 Å². The van der Waals surface area contributed by atoms with Crippen LogP contribution in [0, 0.1) is 11.6 Å². The summed E-state index contributed by atoms with van der Waals surface area (Å²) < 4.78 is 41.2. The summed E-state index contributed by atoms with van der Waals surface area (Å²) in [6, 6.07) is 10.8. The van der Waals surface area contributed by atoms with Gasteiger partial charge in [0.2, 0.25) is 0 Å². The average Bonchev–Trinajstić information content (AvgIpc) is 3.15. The third-order valence-corrected chi connectivity index (χ3v) is 7.36. The largest absolute Gasteiger partial charge is 0.444 e. The molecule has 1 N–H and O–H groups in total. The van der Waals surface area contributed by atoms with Gasteiger partial charge in [0.05, 0.1) is 25.4 Å². The van der Waals surface area contributed by atoms with Crippen LogP contribution in [0.1, 0.15) is 25.3 Å². The monoisotopic (exact) mass is 543 g/mol. The van der Waals surface area contributed by atoms with Crippen LogP contribution in [0.2, 0.25) is 0 Å². The molecule has 0 spiro atoms. The number of hydrogen-bond donors (Lipinski definition) is 1. The van der Waals surface area contributed by atoms with Crippen LogP contribution in [0.15, 0.2) is 36.4 Å². The number of hydrazine groups is 1. The average molecular weight is 544 g/mol. The maximum Gasteiger partial charge on any atom is 0.414 e. The Balaban J connectivity index is 1.19. The zero-order valence-electron chi connectivity index (χ0n) is 22.2. The van der Waals surface area contributed by atoms with E-state index in [0.29, 0.717) is 39.1 Å². The van der Waals surface area contributed by atoms with Gasteiger partial charge in [0.1, 0.15) is 17.6 Å². The summed E-state index contributed by atoms with van der Waals surface area (Å²) in [4.78, 5) is 28.8. The van der Waals surface area contributed by atoms with Gasteiger partial charge in [0.15, 0.2) is 11.6 Å². The van der Waals surface area contributed by atoms with E-state index < -0.39 is 23.8 Å². The minimum Gasteiger partial charge on any atom is -0.444 e. The summed E-state index contributed by atoms with van der Waals surface area (Å²) >= 11 is 0. The molecule has 210 valence electrons. The topological polar surface area (TPSA) is 77.6 Å². The predicted octanol–water partition coefficient (Wildman–Crippen LogP) is 3.32. The number of ketones is 1. The first-order valence-electron chi connectivity index (χ1n) is 13.5. The van der Waals surface area contributed by atoms with Crippen molar-refractivity contribution in [3.63, 3.8) is 0 Å². The van der Waals surface area contributed by atoms with Gasteiger partial charge in [-0.1, -0.05) is 12.1 Å². The first kappa shape index (κ1) is 27.3. The van der Waals surface area contributed by atoms with Crippen molar-refractivity contribution in [2.24, 2.45) is 0 Å². The maximum absolute atomic E-state index is 15.2. The minimum absolute atomic E-state index is 0.00173. The van der Waals surface area contributed by atoms with E-state index in [2.05, 4.69) is 39.6 Å². The van der Waals surface area contributed by atoms with Crippen LogP contribution in [-0.4, -0.2) is 82.0 Å². The third kappa shape index (κ3) is 6.66. The highest BCUT2D eigenvalue weighted by Crippen LogP contribution is 2.32. The lowest BCUT2D eigenvalue weighted by atomic mass is 10.1. The maximum atomic E-state index is 15.2. The number of hydrogen-bond acceptors (Lipinski definition) is 8. The van der Waals surface area contributed by atoms with Crippen molar-refractivity contribution in [1.29, 1.82) is 0 Å². The Morgan fingerprint density at radius 3 is 2.38 bits per heavy atom. The highest BCUT2D eigenvalue weighted by atomic mass is 19.1. The molecule has 3 saturated heterocycles. The Labute approximate surface area is 227 Å². The van der Waals surface area contributed by atoms with Gasteiger partial charge in [0, 0.05) is 70.1 Å². The van der Waals surface area contributed by atoms with Gasteiger partial charge in [0.25, 0.3) is 0 Å². The second-order valence-electron chi connectivity index (χ2n) is 10.2. The number of nitrogens with one attached hydrogen (secondary N) is 1. The second-order valence-corrected chi connectivity index (χ2v) is 10.2. The molecule has 11 heteroatoms. The first-order valence-corrected chi connectivity index (χ1v) is 13.5. The number of amides is 1. The number of carbonyl (C=O) groups is 2. The number of ether oxygens (including phenoxy) is 2. The summed E-state index contributed by atoms with van der Waals surface area (Å²) in [6.07, 6.45) is -0.475. The molecular weight excluding hydrogens is 508 g/mol. The van der Waals surface area contributed by atoms with E-state index in [4.69, 9.17) is 9.47 Å². The van der Waals surface area contributed by atoms with E-state index in [-0.39, 0.29) is 30.1 Å². The number of nitrogens with zero attached hydrogens (tertiary/aromatic N) is 4. The molecule has 0 bridgehead atoms. The Hall–Kier alpha value is -3.28. The normalized spacial score (nSPS) is 20.7. The smallest absolute Gasteiger partial charge is 0.414 e. The van der Waals surface area contributed by atoms with Gasteiger partial charge in [-0.15, -0.1) is 0 Å². The Bertz CT molecular complexity index is 1150. The minimum atomic E-state index is -0.725. The van der Waals surface area contributed by atoms with E-state index in [0.717, 1.165) is 31.9 Å². The molecule has 3 fully saturated rings. The first-order chi connectivity index (χ1) is 18.9. The molecule has 0 aliphatic carbocycles. The van der Waals surface area contributed by atoms with Crippen molar-refractivity contribution in [2.75, 3.05) is 73.7 Å². The summed E-state index contributed by atoms with van der Waals surface area (Å²) in [5.74, 6) is -1.45. The summed E-state index contributed by atoms with van der Waals surface area (Å²) in [5, 5.41) is 2.06. The lowest BCUT2D eigenvalue weighted by Crippen LogP contribution is -2.38. The molecule has 1 atom stereocenters. The van der Waals surface area contributed by atoms with Crippen molar-refractivity contribution in [2.45, 2.75) is 32.4 Å². The zero-order valence-corrected chi connectivity index (χ0v) is 22.2. The fourth-order valence-electron chi connectivity index (χ4n) is 5.25. The molecule has 0 radical (unpaired) electrons. The SMILES string of the molecule is CC(=O)CC[C@H]1CN(c2cc(F)c(N3CCNN(Cc4ccc(N5CCOCC5)cc4)CC3)c(F)c2)C(=O)O1. The number of anilines is 3. The number of carbonyl (C=O) groups excluding carboxylic acids is 2. The van der Waals surface area contributed by atoms with Crippen molar-refractivity contribution >= 4 is 28.9 Å². The molecule has 2 aromatic rings. The Morgan fingerprint density at radius 1 is 0.974 bits per heavy atom. The fraction of sp³-hybridized carbons (Fsp3) is 0.500. The van der Waals surface area contributed by atoms with Crippen LogP contribution in [0.5, 0.6) is 0 Å². The van der Waals surface area contributed by atoms with Crippen LogP contribution in [-0.2, 0) is 20.8 Å². The predicted molar refractivity (Wildman–Crippen MR) is 144 cm³/mol. The molecule has 9 nitrogen and oxygen atoms in total. The number of cyclic esters (lactones) is 1. The van der Waals surface area contributed by atoms with Gasteiger partial charge in [-0.25, -0.2) is 18.6 Å². The molecule has 3 aliphatic heterocycles. The zero-order chi connectivity index (χ0) is 27.4. The van der Waals surface area contributed by atoms with Crippen molar-refractivity contribution in [1.82, 2.24) is 10.4 Å². The molecule has 5 rings (SSSR count). The van der Waals surface area contributed by atoms with Gasteiger partial charge < -0.3 is 24.1 Å². The molecule has 0 aromatic heterocycles. The summed E-state index contributed by atoms with van der Waals surface area (Å²) in [6.45, 7) is 7.53. The van der Waals surface area contributed by atoms with E-state index >= 15 is 8.78 Å². The van der Waals surface area contributed by atoms with E-state index in [1.165, 1.54) is 29.6 Å². The van der Waals surface area contributed by atoms with Crippen molar-refractivity contribution < 1.29 is 27.8 Å². The van der Waals surface area contributed by atoms with Crippen molar-refractivity contribution in [3.05, 3.63) is 53.6 Å². The Kier molecular flexibility index (Phi) is 8.59. The summed E-state index contributed by atoms with van der Waals surface area (Å²) in [7, 11) is 0. The Morgan fingerprint density at radius 2 is 1.69 bits per heavy atom. The highest BCUT2D eigenvalue weighted by Gasteiger charge is 2.34. The van der Waals surface area contributed by atoms with Crippen molar-refractivity contribution in [3.8, 4) is 0 Å². The number of benzene rings is 2. The second kappa shape index (κ2) is 12.3. The van der Waals surface area contributed by atoms with E-state index in [9.17, 15) is 9.59 Å². The van der Waals surface area contributed by atoms with Crippen LogP contribution in [0.25, 0.3) is 0 Å². The van der Waals surface area contributed by atoms with Crippen LogP contribution in [0.3, 0.4) is 0 Å². The number of morpholine rings is 1. The molecule has 39 heavy (non-hydrogen) atoms. The summed E-state index contributed by atoms with van der Waals surface area (Å²) in [5.41, 5.74) is 5.70. The lowest BCUT2D eigenvalue weighted by molar-refractivity contribution is -0.117. The van der Waals surface area contributed by atoms with Gasteiger partial charge in [-0.3, -0.25) is 10.3 Å². The molecule has 3 heterocycles. The quantitative estimate of drug-likeness (QED) is 0.544.